The molecular formula is C19H24N6O2. The molecule has 0 atom stereocenters. The first-order valence-electron chi connectivity index (χ1n) is 8.97. The summed E-state index contributed by atoms with van der Waals surface area (Å²) in [6.45, 7) is 3.24. The predicted octanol–water partition coefficient (Wildman–Crippen LogP) is 1.02. The predicted molar refractivity (Wildman–Crippen MR) is 102 cm³/mol. The van der Waals surface area contributed by atoms with E-state index in [0.717, 1.165) is 22.6 Å². The summed E-state index contributed by atoms with van der Waals surface area (Å²) >= 11 is 0. The van der Waals surface area contributed by atoms with Crippen molar-refractivity contribution in [2.24, 2.45) is 0 Å². The Morgan fingerprint density at radius 2 is 2.15 bits per heavy atom. The van der Waals surface area contributed by atoms with E-state index in [9.17, 15) is 9.59 Å². The number of rotatable bonds is 5. The Kier molecular flexibility index (Phi) is 5.63. The molecule has 2 aromatic heterocycles. The third-order valence-electron chi connectivity index (χ3n) is 4.72. The molecule has 0 radical (unpaired) electrons. The highest BCUT2D eigenvalue weighted by Gasteiger charge is 2.25. The highest BCUT2D eigenvalue weighted by atomic mass is 16.2. The van der Waals surface area contributed by atoms with Gasteiger partial charge in [-0.2, -0.15) is 0 Å². The largest absolute Gasteiger partial charge is 0.359 e. The van der Waals surface area contributed by atoms with Crippen molar-refractivity contribution >= 4 is 17.6 Å². The lowest BCUT2D eigenvalue weighted by atomic mass is 10.0. The molecule has 3 rings (SSSR count). The van der Waals surface area contributed by atoms with Crippen LogP contribution in [-0.4, -0.2) is 58.9 Å². The second kappa shape index (κ2) is 8.11. The summed E-state index contributed by atoms with van der Waals surface area (Å²) in [5, 5.41) is 2.64. The molecule has 0 saturated carbocycles. The topological polar surface area (TPSA) is 91.3 Å². The Morgan fingerprint density at radius 3 is 2.81 bits per heavy atom. The minimum Gasteiger partial charge on any atom is -0.359 e. The second-order valence-corrected chi connectivity index (χ2v) is 6.57. The number of carbonyl (C=O) groups is 2. The number of anilines is 1. The van der Waals surface area contributed by atoms with Crippen molar-refractivity contribution in [3.63, 3.8) is 0 Å². The van der Waals surface area contributed by atoms with Crippen LogP contribution < -0.4 is 10.2 Å². The number of amides is 2. The minimum atomic E-state index is -0.0139. The van der Waals surface area contributed by atoms with Gasteiger partial charge in [-0.25, -0.2) is 9.97 Å². The van der Waals surface area contributed by atoms with Crippen molar-refractivity contribution in [2.45, 2.75) is 26.3 Å². The summed E-state index contributed by atoms with van der Waals surface area (Å²) < 4.78 is 0. The Morgan fingerprint density at radius 1 is 1.33 bits per heavy atom. The van der Waals surface area contributed by atoms with E-state index in [1.807, 2.05) is 24.1 Å². The first-order valence-corrected chi connectivity index (χ1v) is 8.97. The van der Waals surface area contributed by atoms with Crippen LogP contribution in [0.25, 0.3) is 11.4 Å². The highest BCUT2D eigenvalue weighted by Crippen LogP contribution is 2.29. The summed E-state index contributed by atoms with van der Waals surface area (Å²) in [5.41, 5.74) is 2.72. The van der Waals surface area contributed by atoms with Gasteiger partial charge < -0.3 is 15.1 Å². The summed E-state index contributed by atoms with van der Waals surface area (Å²) in [6.07, 6.45) is 4.51. The molecule has 0 aromatic carbocycles. The van der Waals surface area contributed by atoms with Crippen molar-refractivity contribution in [2.75, 3.05) is 32.1 Å². The van der Waals surface area contributed by atoms with Crippen LogP contribution in [0.15, 0.2) is 24.5 Å². The van der Waals surface area contributed by atoms with Crippen molar-refractivity contribution in [3.05, 3.63) is 35.8 Å². The maximum atomic E-state index is 11.8. The normalized spacial score (nSPS) is 13.1. The first-order chi connectivity index (χ1) is 13.0. The quantitative estimate of drug-likeness (QED) is 0.847. The van der Waals surface area contributed by atoms with Crippen molar-refractivity contribution in [1.29, 1.82) is 0 Å². The van der Waals surface area contributed by atoms with Gasteiger partial charge in [0.25, 0.3) is 0 Å². The van der Waals surface area contributed by atoms with Gasteiger partial charge in [-0.05, 0) is 18.6 Å². The fourth-order valence-electron chi connectivity index (χ4n) is 3.12. The lowest BCUT2D eigenvalue weighted by Gasteiger charge is -2.31. The van der Waals surface area contributed by atoms with Gasteiger partial charge in [0.05, 0.1) is 12.2 Å². The number of hydrogen-bond acceptors (Lipinski definition) is 6. The molecule has 0 bridgehead atoms. The molecule has 1 N–H and O–H groups in total. The number of pyridine rings is 1. The van der Waals surface area contributed by atoms with Crippen LogP contribution in [0.4, 0.5) is 5.82 Å². The first kappa shape index (κ1) is 18.8. The molecule has 0 unspecified atom stereocenters. The van der Waals surface area contributed by atoms with Crippen LogP contribution in [0, 0.1) is 0 Å². The zero-order valence-corrected chi connectivity index (χ0v) is 15.9. The summed E-state index contributed by atoms with van der Waals surface area (Å²) in [5.74, 6) is 1.41. The van der Waals surface area contributed by atoms with E-state index in [-0.39, 0.29) is 11.8 Å². The molecule has 27 heavy (non-hydrogen) atoms. The van der Waals surface area contributed by atoms with E-state index in [4.69, 9.17) is 9.97 Å². The van der Waals surface area contributed by atoms with Gasteiger partial charge in [0.15, 0.2) is 5.82 Å². The molecule has 142 valence electrons. The smallest absolute Gasteiger partial charge is 0.221 e. The van der Waals surface area contributed by atoms with E-state index < -0.39 is 0 Å². The molecule has 0 saturated heterocycles. The number of nitrogens with one attached hydrogen (secondary N) is 1. The molecule has 3 heterocycles. The van der Waals surface area contributed by atoms with Gasteiger partial charge in [-0.15, -0.1) is 0 Å². The number of hydrogen-bond donors (Lipinski definition) is 1. The van der Waals surface area contributed by atoms with E-state index >= 15 is 0 Å². The highest BCUT2D eigenvalue weighted by molar-refractivity contribution is 5.76. The van der Waals surface area contributed by atoms with Crippen molar-refractivity contribution in [1.82, 2.24) is 25.2 Å². The number of carbonyl (C=O) groups excluding carboxylic acids is 2. The van der Waals surface area contributed by atoms with Crippen molar-refractivity contribution in [3.8, 4) is 11.4 Å². The van der Waals surface area contributed by atoms with Crippen LogP contribution in [0.2, 0.25) is 0 Å². The molecule has 2 amide bonds. The molecule has 0 spiro atoms. The maximum Gasteiger partial charge on any atom is 0.221 e. The van der Waals surface area contributed by atoms with Gasteiger partial charge in [-0.1, -0.05) is 0 Å². The maximum absolute atomic E-state index is 11.8. The molecule has 0 fully saturated rings. The summed E-state index contributed by atoms with van der Waals surface area (Å²) in [4.78, 5) is 40.8. The Bertz CT molecular complexity index is 840. The zero-order chi connectivity index (χ0) is 19.4. The van der Waals surface area contributed by atoms with Crippen LogP contribution in [-0.2, 0) is 22.6 Å². The average molecular weight is 368 g/mol. The van der Waals surface area contributed by atoms with Gasteiger partial charge in [0.1, 0.15) is 5.82 Å². The molecule has 8 nitrogen and oxygen atoms in total. The number of aromatic nitrogens is 3. The van der Waals surface area contributed by atoms with Gasteiger partial charge in [-0.3, -0.25) is 14.6 Å². The molecule has 1 aliphatic rings. The molecule has 2 aromatic rings. The standard InChI is InChI=1S/C19H24N6O2/c1-13(26)25-10-6-15-16(12-25)22-18(14-5-4-8-21-11-14)23-19(15)24(3)9-7-17(27)20-2/h4-5,8,11H,6-7,9-10,12H2,1-3H3,(H,20,27). The SMILES string of the molecule is CNC(=O)CCN(C)c1nc(-c2cccnc2)nc2c1CCN(C(C)=O)C2. The zero-order valence-electron chi connectivity index (χ0n) is 15.9. The molecular weight excluding hydrogens is 344 g/mol. The molecule has 8 heteroatoms. The molecule has 0 aliphatic carbocycles. The fraction of sp³-hybridized carbons (Fsp3) is 0.421. The van der Waals surface area contributed by atoms with E-state index in [1.165, 1.54) is 0 Å². The fourth-order valence-corrected chi connectivity index (χ4v) is 3.12. The number of nitrogens with zero attached hydrogens (tertiary/aromatic N) is 5. The van der Waals surface area contributed by atoms with Crippen LogP contribution in [0.5, 0.6) is 0 Å². The summed E-state index contributed by atoms with van der Waals surface area (Å²) in [6, 6.07) is 3.75. The van der Waals surface area contributed by atoms with Gasteiger partial charge in [0, 0.05) is 64.1 Å². The van der Waals surface area contributed by atoms with Crippen LogP contribution in [0.1, 0.15) is 24.6 Å². The molecule has 1 aliphatic heterocycles. The average Bonchev–Trinajstić information content (AvgIpc) is 2.70. The van der Waals surface area contributed by atoms with Crippen LogP contribution >= 0.6 is 0 Å². The minimum absolute atomic E-state index is 0.0139. The monoisotopic (exact) mass is 368 g/mol. The van der Waals surface area contributed by atoms with Crippen LogP contribution in [0.3, 0.4) is 0 Å². The summed E-state index contributed by atoms with van der Waals surface area (Å²) in [7, 11) is 3.56. The Hall–Kier alpha value is -3.03. The second-order valence-electron chi connectivity index (χ2n) is 6.57. The van der Waals surface area contributed by atoms with Gasteiger partial charge in [0.2, 0.25) is 11.8 Å². The van der Waals surface area contributed by atoms with E-state index in [0.29, 0.717) is 38.3 Å². The Balaban J connectivity index is 1.99. The lowest BCUT2D eigenvalue weighted by Crippen LogP contribution is -2.36. The van der Waals surface area contributed by atoms with Crippen molar-refractivity contribution < 1.29 is 9.59 Å². The van der Waals surface area contributed by atoms with E-state index in [2.05, 4.69) is 10.3 Å². The lowest BCUT2D eigenvalue weighted by molar-refractivity contribution is -0.129. The Labute approximate surface area is 158 Å². The third kappa shape index (κ3) is 4.21. The van der Waals surface area contributed by atoms with Gasteiger partial charge >= 0.3 is 0 Å². The third-order valence-corrected chi connectivity index (χ3v) is 4.72. The number of fused-ring (bicyclic) bond motifs is 1. The van der Waals surface area contributed by atoms with E-state index in [1.54, 1.807) is 31.3 Å².